The van der Waals surface area contributed by atoms with Gasteiger partial charge in [0.15, 0.2) is 11.6 Å². The van der Waals surface area contributed by atoms with Crippen LogP contribution < -0.4 is 0 Å². The van der Waals surface area contributed by atoms with Crippen molar-refractivity contribution < 1.29 is 9.59 Å². The van der Waals surface area contributed by atoms with Gasteiger partial charge in [0.25, 0.3) is 0 Å². The van der Waals surface area contributed by atoms with Gasteiger partial charge in [-0.2, -0.15) is 10.5 Å². The predicted octanol–water partition coefficient (Wildman–Crippen LogP) is 3.17. The Balaban J connectivity index is 4.68. The second-order valence-corrected chi connectivity index (χ2v) is 5.29. The lowest BCUT2D eigenvalue weighted by Gasteiger charge is -2.23. The molecule has 0 aliphatic carbocycles. The third-order valence-electron chi connectivity index (χ3n) is 3.72. The van der Waals surface area contributed by atoms with E-state index in [0.29, 0.717) is 32.1 Å². The minimum absolute atomic E-state index is 0.0875. The van der Waals surface area contributed by atoms with Crippen LogP contribution in [-0.4, -0.2) is 11.6 Å². The van der Waals surface area contributed by atoms with E-state index in [9.17, 15) is 9.59 Å². The maximum absolute atomic E-state index is 11.7. The van der Waals surface area contributed by atoms with E-state index in [2.05, 4.69) is 12.1 Å². The first kappa shape index (κ1) is 17.3. The van der Waals surface area contributed by atoms with Crippen molar-refractivity contribution in [1.82, 2.24) is 0 Å². The lowest BCUT2D eigenvalue weighted by molar-refractivity contribution is -0.125. The average Bonchev–Trinajstić information content (AvgIpc) is 2.44. The van der Waals surface area contributed by atoms with Gasteiger partial charge < -0.3 is 0 Å². The molecule has 2 unspecified atom stereocenters. The van der Waals surface area contributed by atoms with Crippen LogP contribution in [0.15, 0.2) is 0 Å². The highest BCUT2D eigenvalue weighted by Crippen LogP contribution is 2.31. The quantitative estimate of drug-likeness (QED) is 0.672. The number of carbonyl (C=O) groups excluding carboxylic acids is 2. The molecule has 0 fully saturated rings. The van der Waals surface area contributed by atoms with Gasteiger partial charge in [0, 0.05) is 12.8 Å². The van der Waals surface area contributed by atoms with Gasteiger partial charge in [0.1, 0.15) is 10.8 Å². The second-order valence-electron chi connectivity index (χ2n) is 5.29. The van der Waals surface area contributed by atoms with Crippen LogP contribution in [0.3, 0.4) is 0 Å². The molecule has 0 aromatic rings. The zero-order chi connectivity index (χ0) is 15.1. The summed E-state index contributed by atoms with van der Waals surface area (Å²) < 4.78 is 0. The zero-order valence-corrected chi connectivity index (χ0v) is 12.2. The minimum Gasteiger partial charge on any atom is -0.298 e. The summed E-state index contributed by atoms with van der Waals surface area (Å²) >= 11 is 0. The third-order valence-corrected chi connectivity index (χ3v) is 3.72. The van der Waals surface area contributed by atoms with E-state index >= 15 is 0 Å². The molecular weight excluding hydrogens is 240 g/mol. The fourth-order valence-electron chi connectivity index (χ4n) is 2.09. The van der Waals surface area contributed by atoms with Gasteiger partial charge >= 0.3 is 0 Å². The van der Waals surface area contributed by atoms with Crippen molar-refractivity contribution in [2.24, 2.45) is 10.8 Å². The largest absolute Gasteiger partial charge is 0.298 e. The average molecular weight is 262 g/mol. The van der Waals surface area contributed by atoms with E-state index < -0.39 is 10.8 Å². The number of ketones is 2. The van der Waals surface area contributed by atoms with Crippen LogP contribution >= 0.6 is 0 Å². The molecule has 19 heavy (non-hydrogen) atoms. The molecule has 2 atom stereocenters. The van der Waals surface area contributed by atoms with Crippen molar-refractivity contribution in [2.75, 3.05) is 0 Å². The van der Waals surface area contributed by atoms with Crippen LogP contribution in [0.5, 0.6) is 0 Å². The number of rotatable bonds is 8. The van der Waals surface area contributed by atoms with Crippen LogP contribution in [0.2, 0.25) is 0 Å². The molecule has 0 spiro atoms. The lowest BCUT2D eigenvalue weighted by atomic mass is 9.76. The summed E-state index contributed by atoms with van der Waals surface area (Å²) in [7, 11) is 0. The molecule has 0 rings (SSSR count). The molecule has 0 aliphatic heterocycles. The molecule has 0 heterocycles. The van der Waals surface area contributed by atoms with Crippen LogP contribution in [0.25, 0.3) is 0 Å². The Bertz CT molecular complexity index is 390. The summed E-state index contributed by atoms with van der Waals surface area (Å²) in [6, 6.07) is 4.12. The maximum atomic E-state index is 11.7. The highest BCUT2D eigenvalue weighted by atomic mass is 16.1. The molecule has 0 saturated carbocycles. The van der Waals surface area contributed by atoms with Crippen molar-refractivity contribution in [1.29, 1.82) is 10.5 Å². The van der Waals surface area contributed by atoms with Crippen LogP contribution in [0, 0.1) is 33.5 Å². The van der Waals surface area contributed by atoms with Gasteiger partial charge in [-0.1, -0.05) is 13.8 Å². The maximum Gasteiger partial charge on any atom is 0.152 e. The van der Waals surface area contributed by atoms with Gasteiger partial charge in [-0.15, -0.1) is 0 Å². The normalized spacial score (nSPS) is 16.5. The van der Waals surface area contributed by atoms with Gasteiger partial charge in [0.05, 0.1) is 12.1 Å². The van der Waals surface area contributed by atoms with Gasteiger partial charge in [0.2, 0.25) is 0 Å². The van der Waals surface area contributed by atoms with E-state index in [1.165, 1.54) is 0 Å². The van der Waals surface area contributed by atoms with Crippen molar-refractivity contribution in [3.63, 3.8) is 0 Å². The molecule has 0 aromatic heterocycles. The molecule has 104 valence electrons. The van der Waals surface area contributed by atoms with Crippen LogP contribution in [-0.2, 0) is 9.59 Å². The first-order valence-corrected chi connectivity index (χ1v) is 6.68. The summed E-state index contributed by atoms with van der Waals surface area (Å²) in [5.41, 5.74) is -2.00. The minimum atomic E-state index is -1.000. The molecule has 0 N–H and O–H groups in total. The Labute approximate surface area is 115 Å². The third kappa shape index (κ3) is 4.17. The van der Waals surface area contributed by atoms with Gasteiger partial charge in [-0.05, 0) is 33.1 Å². The molecule has 0 saturated heterocycles. The molecule has 0 radical (unpaired) electrons. The highest BCUT2D eigenvalue weighted by Gasteiger charge is 2.35. The van der Waals surface area contributed by atoms with Crippen molar-refractivity contribution >= 4 is 11.6 Å². The smallest absolute Gasteiger partial charge is 0.152 e. The molecular formula is C15H22N2O2. The van der Waals surface area contributed by atoms with E-state index in [1.54, 1.807) is 27.7 Å². The Morgan fingerprint density at radius 1 is 0.895 bits per heavy atom. The Morgan fingerprint density at radius 2 is 1.21 bits per heavy atom. The van der Waals surface area contributed by atoms with Crippen molar-refractivity contribution in [2.45, 2.75) is 59.8 Å². The lowest BCUT2D eigenvalue weighted by Crippen LogP contribution is -2.28. The molecule has 0 aliphatic rings. The fourth-order valence-corrected chi connectivity index (χ4v) is 2.09. The predicted molar refractivity (Wildman–Crippen MR) is 71.9 cm³/mol. The fraction of sp³-hybridized carbons (Fsp3) is 0.733. The molecule has 4 nitrogen and oxygen atoms in total. The van der Waals surface area contributed by atoms with Gasteiger partial charge in [-0.25, -0.2) is 0 Å². The standard InChI is InChI=1S/C15H22N2O2/c1-5-12(18)14(3,10-16)8-7-9-15(4,11-17)13(19)6-2/h5-9H2,1-4H3. The summed E-state index contributed by atoms with van der Waals surface area (Å²) in [6.07, 6.45) is 1.96. The van der Waals surface area contributed by atoms with Gasteiger partial charge in [-0.3, -0.25) is 9.59 Å². The summed E-state index contributed by atoms with van der Waals surface area (Å²) in [5.74, 6) is -0.175. The van der Waals surface area contributed by atoms with E-state index in [0.717, 1.165) is 0 Å². The monoisotopic (exact) mass is 262 g/mol. The summed E-state index contributed by atoms with van der Waals surface area (Å²) in [4.78, 5) is 23.5. The Morgan fingerprint density at radius 3 is 1.42 bits per heavy atom. The van der Waals surface area contributed by atoms with Crippen molar-refractivity contribution in [3.8, 4) is 12.1 Å². The number of Topliss-reactive ketones (excluding diaryl/α,β-unsaturated/α-hetero) is 2. The zero-order valence-electron chi connectivity index (χ0n) is 12.2. The van der Waals surface area contributed by atoms with E-state index in [-0.39, 0.29) is 11.6 Å². The van der Waals surface area contributed by atoms with Crippen LogP contribution in [0.1, 0.15) is 59.8 Å². The highest BCUT2D eigenvalue weighted by molar-refractivity contribution is 5.87. The van der Waals surface area contributed by atoms with Crippen LogP contribution in [0.4, 0.5) is 0 Å². The Hall–Kier alpha value is -1.68. The summed E-state index contributed by atoms with van der Waals surface area (Å²) in [5, 5.41) is 18.3. The van der Waals surface area contributed by atoms with E-state index in [1.807, 2.05) is 0 Å². The molecule has 0 aromatic carbocycles. The topological polar surface area (TPSA) is 81.7 Å². The summed E-state index contributed by atoms with van der Waals surface area (Å²) in [6.45, 7) is 6.73. The molecule has 0 bridgehead atoms. The number of hydrogen-bond donors (Lipinski definition) is 0. The number of nitriles is 2. The second kappa shape index (κ2) is 7.04. The Kier molecular flexibility index (Phi) is 6.42. The number of carbonyl (C=O) groups is 2. The molecule has 4 heteroatoms. The first-order valence-electron chi connectivity index (χ1n) is 6.68. The molecule has 0 amide bonds. The van der Waals surface area contributed by atoms with E-state index in [4.69, 9.17) is 10.5 Å². The van der Waals surface area contributed by atoms with Crippen molar-refractivity contribution in [3.05, 3.63) is 0 Å². The number of hydrogen-bond acceptors (Lipinski definition) is 4. The first-order chi connectivity index (χ1) is 8.79. The SMILES string of the molecule is CCC(=O)C(C)(C#N)CCCC(C)(C#N)C(=O)CC. The number of nitrogens with zero attached hydrogens (tertiary/aromatic N) is 2.